The Balaban J connectivity index is 1.40. The molecule has 126 valence electrons. The van der Waals surface area contributed by atoms with Crippen molar-refractivity contribution in [2.75, 3.05) is 5.32 Å². The van der Waals surface area contributed by atoms with Gasteiger partial charge in [-0.25, -0.2) is 9.97 Å². The first-order valence-electron chi connectivity index (χ1n) is 7.48. The van der Waals surface area contributed by atoms with Crippen molar-refractivity contribution in [3.63, 3.8) is 0 Å². The van der Waals surface area contributed by atoms with Crippen molar-refractivity contribution in [1.29, 1.82) is 0 Å². The zero-order valence-electron chi connectivity index (χ0n) is 13.2. The van der Waals surface area contributed by atoms with Crippen LogP contribution in [0.2, 0.25) is 0 Å². The molecule has 25 heavy (non-hydrogen) atoms. The van der Waals surface area contributed by atoms with Gasteiger partial charge in [0.1, 0.15) is 5.76 Å². The summed E-state index contributed by atoms with van der Waals surface area (Å²) in [5.74, 6) is 1.45. The third-order valence-corrected chi connectivity index (χ3v) is 5.92. The van der Waals surface area contributed by atoms with Crippen molar-refractivity contribution in [2.24, 2.45) is 0 Å². The normalized spacial score (nSPS) is 10.9. The van der Waals surface area contributed by atoms with E-state index < -0.39 is 0 Å². The fourth-order valence-electron chi connectivity index (χ4n) is 2.25. The molecule has 0 aliphatic rings. The van der Waals surface area contributed by atoms with Gasteiger partial charge in [-0.05, 0) is 30.5 Å². The number of aryl methyl sites for hydroxylation is 1. The third-order valence-electron chi connectivity index (χ3n) is 3.37. The zero-order chi connectivity index (χ0) is 17.2. The van der Waals surface area contributed by atoms with Crippen LogP contribution < -0.4 is 5.32 Å². The molecule has 0 aromatic carbocycles. The van der Waals surface area contributed by atoms with Crippen LogP contribution in [0.3, 0.4) is 0 Å². The first-order chi connectivity index (χ1) is 12.2. The Morgan fingerprint density at radius 2 is 2.08 bits per heavy atom. The van der Waals surface area contributed by atoms with Crippen molar-refractivity contribution in [2.45, 2.75) is 13.3 Å². The fourth-order valence-corrected chi connectivity index (χ4v) is 4.51. The van der Waals surface area contributed by atoms with E-state index in [1.54, 1.807) is 11.3 Å². The zero-order valence-corrected chi connectivity index (χ0v) is 15.6. The molecule has 1 N–H and O–H groups in total. The van der Waals surface area contributed by atoms with Gasteiger partial charge < -0.3 is 9.73 Å². The summed E-state index contributed by atoms with van der Waals surface area (Å²) in [5.41, 5.74) is 1.61. The predicted octanol–water partition coefficient (Wildman–Crippen LogP) is 5.08. The van der Waals surface area contributed by atoms with E-state index in [-0.39, 0.29) is 12.3 Å². The fraction of sp³-hybridized carbons (Fsp3) is 0.118. The number of anilines is 1. The molecule has 1 amide bonds. The van der Waals surface area contributed by atoms with Gasteiger partial charge in [0.15, 0.2) is 15.9 Å². The quantitative estimate of drug-likeness (QED) is 0.519. The van der Waals surface area contributed by atoms with Gasteiger partial charge in [0.2, 0.25) is 5.91 Å². The summed E-state index contributed by atoms with van der Waals surface area (Å²) >= 11 is 4.52. The number of carbonyl (C=O) groups excluding carboxylic acids is 1. The van der Waals surface area contributed by atoms with E-state index in [4.69, 9.17) is 4.42 Å². The number of thiazole rings is 2. The Hall–Kier alpha value is -2.29. The van der Waals surface area contributed by atoms with Gasteiger partial charge in [0.05, 0.1) is 22.7 Å². The Kier molecular flexibility index (Phi) is 4.48. The van der Waals surface area contributed by atoms with Crippen LogP contribution in [0.5, 0.6) is 0 Å². The molecule has 4 rings (SSSR count). The van der Waals surface area contributed by atoms with E-state index in [1.807, 2.05) is 47.3 Å². The molecular weight excluding hydrogens is 374 g/mol. The molecule has 5 nitrogen and oxygen atoms in total. The highest BCUT2D eigenvalue weighted by molar-refractivity contribution is 7.16. The second kappa shape index (κ2) is 6.91. The van der Waals surface area contributed by atoms with E-state index in [1.165, 1.54) is 22.7 Å². The van der Waals surface area contributed by atoms with Crippen LogP contribution in [0.1, 0.15) is 11.5 Å². The van der Waals surface area contributed by atoms with Crippen LogP contribution in [0.25, 0.3) is 21.3 Å². The number of nitrogens with zero attached hydrogens (tertiary/aromatic N) is 2. The predicted molar refractivity (Wildman–Crippen MR) is 102 cm³/mol. The molecule has 0 bridgehead atoms. The van der Waals surface area contributed by atoms with Crippen LogP contribution in [0.4, 0.5) is 5.13 Å². The number of furan rings is 1. The van der Waals surface area contributed by atoms with Crippen LogP contribution >= 0.6 is 34.0 Å². The minimum absolute atomic E-state index is 0.125. The highest BCUT2D eigenvalue weighted by Crippen LogP contribution is 2.29. The molecule has 4 heterocycles. The van der Waals surface area contributed by atoms with Crippen molar-refractivity contribution in [3.05, 3.63) is 51.9 Å². The Morgan fingerprint density at radius 1 is 1.16 bits per heavy atom. The van der Waals surface area contributed by atoms with Crippen molar-refractivity contribution >= 4 is 45.0 Å². The first-order valence-corrected chi connectivity index (χ1v) is 10.1. The van der Waals surface area contributed by atoms with Crippen molar-refractivity contribution in [1.82, 2.24) is 9.97 Å². The number of amides is 1. The van der Waals surface area contributed by atoms with Gasteiger partial charge in [-0.3, -0.25) is 4.79 Å². The highest BCUT2D eigenvalue weighted by Gasteiger charge is 2.13. The molecule has 0 saturated heterocycles. The van der Waals surface area contributed by atoms with Crippen LogP contribution in [0.15, 0.2) is 44.8 Å². The van der Waals surface area contributed by atoms with E-state index in [2.05, 4.69) is 15.3 Å². The lowest BCUT2D eigenvalue weighted by atomic mass is 10.3. The maximum atomic E-state index is 12.2. The summed E-state index contributed by atoms with van der Waals surface area (Å²) in [7, 11) is 0. The smallest absolute Gasteiger partial charge is 0.232 e. The number of hydrogen-bond acceptors (Lipinski definition) is 7. The summed E-state index contributed by atoms with van der Waals surface area (Å²) in [6.45, 7) is 1.89. The molecular formula is C17H13N3O2S3. The molecule has 0 fully saturated rings. The van der Waals surface area contributed by atoms with E-state index in [9.17, 15) is 4.79 Å². The standard InChI is InChI=1S/C17H13N3O2S3/c1-10-4-5-13(22-10)16-18-11(8-24-16)7-15(21)20-17-19-12(9-25-17)14-3-2-6-23-14/h2-6,8-9H,7H2,1H3,(H,19,20,21). The SMILES string of the molecule is Cc1ccc(-c2nc(CC(=O)Nc3nc(-c4cccs4)cs3)cs2)o1. The molecule has 0 aliphatic carbocycles. The average molecular weight is 388 g/mol. The summed E-state index contributed by atoms with van der Waals surface area (Å²) in [4.78, 5) is 22.2. The van der Waals surface area contributed by atoms with E-state index >= 15 is 0 Å². The number of aromatic nitrogens is 2. The van der Waals surface area contributed by atoms with Gasteiger partial charge in [-0.2, -0.15) is 0 Å². The summed E-state index contributed by atoms with van der Waals surface area (Å²) in [6.07, 6.45) is 0.212. The third kappa shape index (κ3) is 3.71. The number of thiophene rings is 1. The lowest BCUT2D eigenvalue weighted by Gasteiger charge is -1.99. The van der Waals surface area contributed by atoms with Crippen molar-refractivity contribution in [3.8, 4) is 21.3 Å². The highest BCUT2D eigenvalue weighted by atomic mass is 32.1. The summed E-state index contributed by atoms with van der Waals surface area (Å²) < 4.78 is 5.56. The summed E-state index contributed by atoms with van der Waals surface area (Å²) in [6, 6.07) is 7.78. The maximum Gasteiger partial charge on any atom is 0.232 e. The van der Waals surface area contributed by atoms with Gasteiger partial charge in [-0.15, -0.1) is 34.0 Å². The summed E-state index contributed by atoms with van der Waals surface area (Å²) in [5, 5.41) is 10.1. The van der Waals surface area contributed by atoms with Gasteiger partial charge in [-0.1, -0.05) is 6.07 Å². The number of hydrogen-bond donors (Lipinski definition) is 1. The lowest BCUT2D eigenvalue weighted by molar-refractivity contribution is -0.115. The average Bonchev–Trinajstić information content (AvgIpc) is 3.34. The van der Waals surface area contributed by atoms with E-state index in [0.717, 1.165) is 32.8 Å². The van der Waals surface area contributed by atoms with Crippen LogP contribution in [-0.4, -0.2) is 15.9 Å². The Morgan fingerprint density at radius 3 is 2.84 bits per heavy atom. The van der Waals surface area contributed by atoms with Gasteiger partial charge >= 0.3 is 0 Å². The molecule has 0 unspecified atom stereocenters. The Labute approximate surface area is 156 Å². The largest absolute Gasteiger partial charge is 0.459 e. The maximum absolute atomic E-state index is 12.2. The molecule has 4 aromatic rings. The molecule has 8 heteroatoms. The lowest BCUT2D eigenvalue weighted by Crippen LogP contribution is -2.14. The van der Waals surface area contributed by atoms with Crippen molar-refractivity contribution < 1.29 is 9.21 Å². The molecule has 0 atom stereocenters. The van der Waals surface area contributed by atoms with Gasteiger partial charge in [0, 0.05) is 10.8 Å². The Bertz CT molecular complexity index is 998. The second-order valence-electron chi connectivity index (χ2n) is 5.29. The molecule has 0 aliphatic heterocycles. The molecule has 0 radical (unpaired) electrons. The minimum atomic E-state index is -0.125. The monoisotopic (exact) mass is 387 g/mol. The second-order valence-corrected chi connectivity index (χ2v) is 7.96. The molecule has 4 aromatic heterocycles. The number of rotatable bonds is 5. The van der Waals surface area contributed by atoms with E-state index in [0.29, 0.717) is 5.13 Å². The topological polar surface area (TPSA) is 68.0 Å². The molecule has 0 spiro atoms. The number of carbonyl (C=O) groups is 1. The number of nitrogens with one attached hydrogen (secondary N) is 1. The minimum Gasteiger partial charge on any atom is -0.459 e. The first kappa shape index (κ1) is 16.2. The van der Waals surface area contributed by atoms with Gasteiger partial charge in [0.25, 0.3) is 0 Å². The molecule has 0 saturated carbocycles. The van der Waals surface area contributed by atoms with Crippen LogP contribution in [-0.2, 0) is 11.2 Å². The van der Waals surface area contributed by atoms with Crippen LogP contribution in [0, 0.1) is 6.92 Å².